The number of likely N-dealkylation sites (tertiary alicyclic amines) is 1. The largest absolute Gasteiger partial charge is 0.389 e. The van der Waals surface area contributed by atoms with Crippen molar-refractivity contribution in [3.8, 4) is 0 Å². The lowest BCUT2D eigenvalue weighted by molar-refractivity contribution is 0.00541. The predicted octanol–water partition coefficient (Wildman–Crippen LogP) is 1.33. The molecule has 0 atom stereocenters. The normalized spacial score (nSPS) is 20.5. The van der Waals surface area contributed by atoms with E-state index in [0.717, 1.165) is 0 Å². The van der Waals surface area contributed by atoms with Crippen molar-refractivity contribution >= 4 is 5.91 Å². The minimum absolute atomic E-state index is 0.0600. The molecular formula is C14H21N3O2. The number of β-amino-alcohol motifs (C(OH)–C–C–N with tert-alkyl or cyclic N) is 1. The van der Waals surface area contributed by atoms with E-state index < -0.39 is 0 Å². The number of aliphatic hydroxyl groups is 1. The van der Waals surface area contributed by atoms with Gasteiger partial charge in [-0.2, -0.15) is 5.10 Å². The van der Waals surface area contributed by atoms with Crippen molar-refractivity contribution in [1.29, 1.82) is 0 Å². The van der Waals surface area contributed by atoms with Crippen LogP contribution in [0.5, 0.6) is 0 Å². The third kappa shape index (κ3) is 2.27. The number of hydrogen-bond acceptors (Lipinski definition) is 3. The zero-order chi connectivity index (χ0) is 13.8. The van der Waals surface area contributed by atoms with Gasteiger partial charge in [0.05, 0.1) is 11.6 Å². The molecule has 1 aliphatic carbocycles. The van der Waals surface area contributed by atoms with Crippen LogP contribution in [0.2, 0.25) is 0 Å². The molecule has 0 bridgehead atoms. The molecule has 0 radical (unpaired) electrons. The summed E-state index contributed by atoms with van der Waals surface area (Å²) < 4.78 is 1.99. The molecule has 1 amide bonds. The van der Waals surface area contributed by atoms with E-state index in [1.165, 1.54) is 18.5 Å². The molecule has 0 unspecified atom stereocenters. The highest BCUT2D eigenvalue weighted by atomic mass is 16.3. The van der Waals surface area contributed by atoms with Crippen LogP contribution in [0.25, 0.3) is 0 Å². The average molecular weight is 263 g/mol. The van der Waals surface area contributed by atoms with Gasteiger partial charge in [0.15, 0.2) is 5.69 Å². The molecule has 5 heteroatoms. The summed E-state index contributed by atoms with van der Waals surface area (Å²) in [4.78, 5) is 13.9. The van der Waals surface area contributed by atoms with Gasteiger partial charge < -0.3 is 10.0 Å². The van der Waals surface area contributed by atoms with Crippen molar-refractivity contribution in [3.63, 3.8) is 0 Å². The number of amides is 1. The molecule has 0 spiro atoms. The van der Waals surface area contributed by atoms with E-state index in [0.29, 0.717) is 24.7 Å². The molecule has 0 aromatic carbocycles. The molecule has 104 valence electrons. The zero-order valence-electron chi connectivity index (χ0n) is 11.8. The Bertz CT molecular complexity index is 505. The highest BCUT2D eigenvalue weighted by Crippen LogP contribution is 2.41. The van der Waals surface area contributed by atoms with Gasteiger partial charge in [0.25, 0.3) is 5.91 Å². The third-order valence-corrected chi connectivity index (χ3v) is 3.74. The van der Waals surface area contributed by atoms with Crippen LogP contribution in [0.1, 0.15) is 55.7 Å². The molecule has 1 saturated heterocycles. The molecule has 19 heavy (non-hydrogen) atoms. The van der Waals surface area contributed by atoms with Crippen LogP contribution in [0.3, 0.4) is 0 Å². The van der Waals surface area contributed by atoms with Crippen LogP contribution in [0.4, 0.5) is 0 Å². The fourth-order valence-electron chi connectivity index (χ4n) is 2.49. The number of carbonyl (C=O) groups is 1. The summed E-state index contributed by atoms with van der Waals surface area (Å²) in [5.41, 5.74) is 1.59. The Morgan fingerprint density at radius 3 is 2.47 bits per heavy atom. The second kappa shape index (κ2) is 4.07. The second-order valence-corrected chi connectivity index (χ2v) is 6.68. The van der Waals surface area contributed by atoms with Crippen molar-refractivity contribution in [2.45, 2.75) is 51.2 Å². The molecule has 2 fully saturated rings. The molecule has 1 aromatic heterocycles. The van der Waals surface area contributed by atoms with E-state index in [9.17, 15) is 9.90 Å². The van der Waals surface area contributed by atoms with Crippen LogP contribution in [0.15, 0.2) is 6.07 Å². The van der Waals surface area contributed by atoms with Crippen LogP contribution in [-0.2, 0) is 5.54 Å². The average Bonchev–Trinajstić information content (AvgIpc) is 3.01. The smallest absolute Gasteiger partial charge is 0.274 e. The first-order valence-electron chi connectivity index (χ1n) is 6.94. The molecule has 2 aliphatic rings. The third-order valence-electron chi connectivity index (χ3n) is 3.74. The number of carbonyl (C=O) groups excluding carboxylic acids is 1. The van der Waals surface area contributed by atoms with E-state index in [1.807, 2.05) is 10.7 Å². The topological polar surface area (TPSA) is 58.4 Å². The molecular weight excluding hydrogens is 242 g/mol. The van der Waals surface area contributed by atoms with Crippen molar-refractivity contribution in [2.75, 3.05) is 13.1 Å². The maximum Gasteiger partial charge on any atom is 0.274 e. The van der Waals surface area contributed by atoms with E-state index >= 15 is 0 Å². The Morgan fingerprint density at radius 1 is 1.37 bits per heavy atom. The standard InChI is InChI=1S/C14H21N3O2/c1-14(2,3)17-12(9-4-5-9)6-11(15-17)13(19)16-7-10(18)8-16/h6,9-10,18H,4-5,7-8H2,1-3H3. The first-order chi connectivity index (χ1) is 8.86. The quantitative estimate of drug-likeness (QED) is 0.875. The lowest BCUT2D eigenvalue weighted by atomic mass is 10.1. The Hall–Kier alpha value is -1.36. The van der Waals surface area contributed by atoms with Gasteiger partial charge in [-0.3, -0.25) is 9.48 Å². The minimum atomic E-state index is -0.364. The van der Waals surface area contributed by atoms with E-state index in [-0.39, 0.29) is 17.6 Å². The number of nitrogens with zero attached hydrogens (tertiary/aromatic N) is 3. The minimum Gasteiger partial charge on any atom is -0.389 e. The first-order valence-corrected chi connectivity index (χ1v) is 6.94. The lowest BCUT2D eigenvalue weighted by Gasteiger charge is -2.35. The van der Waals surface area contributed by atoms with Crippen LogP contribution in [-0.4, -0.2) is 44.9 Å². The number of aromatic nitrogens is 2. The molecule has 1 N–H and O–H groups in total. The second-order valence-electron chi connectivity index (χ2n) is 6.68. The SMILES string of the molecule is CC(C)(C)n1nc(C(=O)N2CC(O)C2)cc1C1CC1. The maximum atomic E-state index is 12.2. The molecule has 1 aliphatic heterocycles. The summed E-state index contributed by atoms with van der Waals surface area (Å²) in [6.45, 7) is 7.18. The van der Waals surface area contributed by atoms with Crippen LogP contribution < -0.4 is 0 Å². The van der Waals surface area contributed by atoms with Crippen molar-refractivity contribution in [3.05, 3.63) is 17.5 Å². The predicted molar refractivity (Wildman–Crippen MR) is 71.1 cm³/mol. The number of hydrogen-bond donors (Lipinski definition) is 1. The molecule has 5 nitrogen and oxygen atoms in total. The summed E-state index contributed by atoms with van der Waals surface area (Å²) >= 11 is 0. The highest BCUT2D eigenvalue weighted by molar-refractivity contribution is 5.93. The van der Waals surface area contributed by atoms with E-state index in [2.05, 4.69) is 25.9 Å². The van der Waals surface area contributed by atoms with Gasteiger partial charge in [-0.1, -0.05) is 0 Å². The zero-order valence-corrected chi connectivity index (χ0v) is 11.8. The monoisotopic (exact) mass is 263 g/mol. The number of rotatable bonds is 2. The van der Waals surface area contributed by atoms with Gasteiger partial charge in [0.2, 0.25) is 0 Å². The van der Waals surface area contributed by atoms with Gasteiger partial charge in [0.1, 0.15) is 0 Å². The van der Waals surface area contributed by atoms with Crippen molar-refractivity contribution in [2.24, 2.45) is 0 Å². The van der Waals surface area contributed by atoms with E-state index in [4.69, 9.17) is 0 Å². The summed E-state index contributed by atoms with van der Waals surface area (Å²) in [5.74, 6) is 0.505. The number of aliphatic hydroxyl groups excluding tert-OH is 1. The molecule has 3 rings (SSSR count). The fourth-order valence-corrected chi connectivity index (χ4v) is 2.49. The molecule has 2 heterocycles. The van der Waals surface area contributed by atoms with Crippen LogP contribution >= 0.6 is 0 Å². The summed E-state index contributed by atoms with van der Waals surface area (Å²) in [7, 11) is 0. The van der Waals surface area contributed by atoms with E-state index in [1.54, 1.807) is 4.90 Å². The van der Waals surface area contributed by atoms with Gasteiger partial charge >= 0.3 is 0 Å². The summed E-state index contributed by atoms with van der Waals surface area (Å²) in [6.07, 6.45) is 2.02. The molecule has 1 aromatic rings. The Morgan fingerprint density at radius 2 is 2.00 bits per heavy atom. The maximum absolute atomic E-state index is 12.2. The fraction of sp³-hybridized carbons (Fsp3) is 0.714. The van der Waals surface area contributed by atoms with Crippen molar-refractivity contribution < 1.29 is 9.90 Å². The van der Waals surface area contributed by atoms with Gasteiger partial charge in [0, 0.05) is 24.7 Å². The highest BCUT2D eigenvalue weighted by Gasteiger charge is 2.35. The summed E-state index contributed by atoms with van der Waals surface area (Å²) in [6, 6.07) is 1.94. The van der Waals surface area contributed by atoms with Gasteiger partial charge in [-0.15, -0.1) is 0 Å². The Labute approximate surface area is 113 Å². The summed E-state index contributed by atoms with van der Waals surface area (Å²) in [5, 5.41) is 13.8. The Kier molecular flexibility index (Phi) is 2.71. The van der Waals surface area contributed by atoms with Gasteiger partial charge in [-0.25, -0.2) is 0 Å². The van der Waals surface area contributed by atoms with Gasteiger partial charge in [-0.05, 0) is 39.7 Å². The molecule has 1 saturated carbocycles. The Balaban J connectivity index is 1.88. The van der Waals surface area contributed by atoms with Crippen LogP contribution in [0, 0.1) is 0 Å². The first kappa shape index (κ1) is 12.7. The van der Waals surface area contributed by atoms with Crippen molar-refractivity contribution in [1.82, 2.24) is 14.7 Å². The lowest BCUT2D eigenvalue weighted by Crippen LogP contribution is -2.53.